The van der Waals surface area contributed by atoms with Gasteiger partial charge in [-0.3, -0.25) is 0 Å². The zero-order valence-corrected chi connectivity index (χ0v) is 35.7. The first kappa shape index (κ1) is 37.2. The van der Waals surface area contributed by atoms with Gasteiger partial charge >= 0.3 is 0 Å². The number of fused-ring (bicyclic) bond motifs is 6. The lowest BCUT2D eigenvalue weighted by atomic mass is 9.37. The molecule has 0 N–H and O–H groups in total. The Balaban J connectivity index is 1.09. The third kappa shape index (κ3) is 6.62. The molecule has 7 aromatic carbocycles. The van der Waals surface area contributed by atoms with Gasteiger partial charge in [0.05, 0.1) is 0 Å². The molecule has 2 nitrogen and oxygen atoms in total. The van der Waals surface area contributed by atoms with Gasteiger partial charge in [0.15, 0.2) is 0 Å². The summed E-state index contributed by atoms with van der Waals surface area (Å²) in [6, 6.07) is 57.1. The summed E-state index contributed by atoms with van der Waals surface area (Å²) in [6.07, 6.45) is 20.2. The van der Waals surface area contributed by atoms with Gasteiger partial charge < -0.3 is 9.80 Å². The summed E-state index contributed by atoms with van der Waals surface area (Å²) < 4.78 is 0. The molecular weight excluding hydrogens is 735 g/mol. The SMILES string of the molecule is c1ccc(N(c2cc3c4c(c2)N(c2ccc(C5CCCCC5)cc2)c2ccc(C5CCCCC5)cc2B4c2cc(C4CCCCC4)ccc2-3)c2ccc3ccccc3c2)cc1. The molecule has 0 radical (unpaired) electrons. The molecule has 0 unspecified atom stereocenters. The van der Waals surface area contributed by atoms with Crippen LogP contribution in [0, 0.1) is 0 Å². The molecule has 0 atom stereocenters. The highest BCUT2D eigenvalue weighted by atomic mass is 15.2. The van der Waals surface area contributed by atoms with Gasteiger partial charge in [-0.15, -0.1) is 0 Å². The van der Waals surface area contributed by atoms with Gasteiger partial charge in [-0.25, -0.2) is 0 Å². The van der Waals surface area contributed by atoms with Crippen LogP contribution >= 0.6 is 0 Å². The molecule has 5 aliphatic rings. The maximum absolute atomic E-state index is 2.67. The average molecular weight is 793 g/mol. The molecule has 12 rings (SSSR count). The lowest BCUT2D eigenvalue weighted by Crippen LogP contribution is -2.55. The molecule has 0 saturated heterocycles. The van der Waals surface area contributed by atoms with Gasteiger partial charge in [0.25, 0.3) is 0 Å². The van der Waals surface area contributed by atoms with E-state index < -0.39 is 0 Å². The summed E-state index contributed by atoms with van der Waals surface area (Å²) in [6.45, 7) is 0.208. The van der Waals surface area contributed by atoms with Crippen molar-refractivity contribution in [3.63, 3.8) is 0 Å². The molecule has 302 valence electrons. The van der Waals surface area contributed by atoms with Crippen molar-refractivity contribution in [1.29, 1.82) is 0 Å². The van der Waals surface area contributed by atoms with Crippen molar-refractivity contribution in [2.24, 2.45) is 0 Å². The maximum Gasteiger partial charge on any atom is 0.248 e. The van der Waals surface area contributed by atoms with E-state index in [1.54, 1.807) is 11.1 Å². The van der Waals surface area contributed by atoms with Crippen LogP contribution in [-0.4, -0.2) is 6.71 Å². The summed E-state index contributed by atoms with van der Waals surface area (Å²) in [5.41, 5.74) is 19.4. The van der Waals surface area contributed by atoms with Crippen LogP contribution in [-0.2, 0) is 0 Å². The maximum atomic E-state index is 2.67. The van der Waals surface area contributed by atoms with E-state index in [2.05, 4.69) is 155 Å². The molecule has 0 aromatic heterocycles. The molecule has 3 fully saturated rings. The number of rotatable bonds is 7. The highest BCUT2D eigenvalue weighted by Crippen LogP contribution is 2.47. The first-order chi connectivity index (χ1) is 30.2. The molecule has 3 saturated carbocycles. The van der Waals surface area contributed by atoms with Gasteiger partial charge in [0.2, 0.25) is 6.71 Å². The standard InChI is InChI=1S/C58H57BN2/c1-5-15-40(16-6-1)44-25-30-49(31-26-44)61-56-34-29-47(42-19-9-3-10-20-42)37-55(56)59-54-36-46(41-17-7-2-8-18-41)28-33-52(54)53-38-51(39-57(61)58(53)59)60(48-23-11-4-12-24-48)50-32-27-43-21-13-14-22-45(43)35-50/h4,11-14,21-42H,1-3,5-10,15-20H2. The fourth-order valence-corrected chi connectivity index (χ4v) is 12.5. The highest BCUT2D eigenvalue weighted by Gasteiger charge is 2.44. The van der Waals surface area contributed by atoms with Crippen LogP contribution in [0.15, 0.2) is 146 Å². The van der Waals surface area contributed by atoms with Crippen molar-refractivity contribution in [2.75, 3.05) is 9.80 Å². The van der Waals surface area contributed by atoms with E-state index in [0.717, 1.165) is 0 Å². The Kier molecular flexibility index (Phi) is 9.61. The number of hydrogen-bond acceptors (Lipinski definition) is 2. The predicted molar refractivity (Wildman–Crippen MR) is 261 cm³/mol. The quantitative estimate of drug-likeness (QED) is 0.148. The minimum Gasteiger partial charge on any atom is -0.311 e. The monoisotopic (exact) mass is 792 g/mol. The van der Waals surface area contributed by atoms with Crippen molar-refractivity contribution in [3.05, 3.63) is 162 Å². The number of anilines is 6. The number of hydrogen-bond donors (Lipinski definition) is 0. The third-order valence-electron chi connectivity index (χ3n) is 15.6. The molecule has 2 heterocycles. The third-order valence-corrected chi connectivity index (χ3v) is 15.6. The smallest absolute Gasteiger partial charge is 0.248 e. The molecule has 2 aliphatic heterocycles. The average Bonchev–Trinajstić information content (AvgIpc) is 3.67. The topological polar surface area (TPSA) is 6.48 Å². The predicted octanol–water partition coefficient (Wildman–Crippen LogP) is 14.7. The first-order valence-corrected chi connectivity index (χ1v) is 24.0. The van der Waals surface area contributed by atoms with E-state index in [1.165, 1.54) is 174 Å². The van der Waals surface area contributed by atoms with Gasteiger partial charge in [-0.1, -0.05) is 154 Å². The molecule has 3 heteroatoms. The normalized spacial score (nSPS) is 17.9. The van der Waals surface area contributed by atoms with Crippen molar-refractivity contribution in [1.82, 2.24) is 0 Å². The second-order valence-corrected chi connectivity index (χ2v) is 19.2. The van der Waals surface area contributed by atoms with Crippen LogP contribution in [0.1, 0.15) is 131 Å². The van der Waals surface area contributed by atoms with E-state index in [9.17, 15) is 0 Å². The molecule has 0 amide bonds. The fourth-order valence-electron chi connectivity index (χ4n) is 12.5. The largest absolute Gasteiger partial charge is 0.311 e. The van der Waals surface area contributed by atoms with Crippen LogP contribution in [0.2, 0.25) is 0 Å². The van der Waals surface area contributed by atoms with Crippen molar-refractivity contribution >= 4 is 68.0 Å². The van der Waals surface area contributed by atoms with Crippen LogP contribution in [0.4, 0.5) is 34.1 Å². The van der Waals surface area contributed by atoms with Crippen molar-refractivity contribution < 1.29 is 0 Å². The number of benzene rings is 7. The second kappa shape index (κ2) is 15.7. The minimum atomic E-state index is 0.208. The minimum absolute atomic E-state index is 0.208. The number of nitrogens with zero attached hydrogens (tertiary/aromatic N) is 2. The van der Waals surface area contributed by atoms with Crippen molar-refractivity contribution in [2.45, 2.75) is 114 Å². The first-order valence-electron chi connectivity index (χ1n) is 24.0. The summed E-state index contributed by atoms with van der Waals surface area (Å²) in [7, 11) is 0. The Bertz CT molecular complexity index is 2720. The molecular formula is C58H57BN2. The van der Waals surface area contributed by atoms with E-state index >= 15 is 0 Å². The van der Waals surface area contributed by atoms with E-state index in [0.29, 0.717) is 17.8 Å². The van der Waals surface area contributed by atoms with Crippen LogP contribution in [0.5, 0.6) is 0 Å². The summed E-state index contributed by atoms with van der Waals surface area (Å²) in [5.74, 6) is 2.00. The van der Waals surface area contributed by atoms with Crippen LogP contribution in [0.3, 0.4) is 0 Å². The Hall–Kier alpha value is -5.54. The summed E-state index contributed by atoms with van der Waals surface area (Å²) in [4.78, 5) is 5.15. The van der Waals surface area contributed by atoms with E-state index in [1.807, 2.05) is 0 Å². The Morgan fingerprint density at radius 2 is 0.984 bits per heavy atom. The molecule has 3 aliphatic carbocycles. The van der Waals surface area contributed by atoms with E-state index in [-0.39, 0.29) is 6.71 Å². The summed E-state index contributed by atoms with van der Waals surface area (Å²) in [5, 5.41) is 2.52. The second-order valence-electron chi connectivity index (χ2n) is 19.2. The van der Waals surface area contributed by atoms with Gasteiger partial charge in [0, 0.05) is 34.1 Å². The van der Waals surface area contributed by atoms with Gasteiger partial charge in [-0.2, -0.15) is 0 Å². The van der Waals surface area contributed by atoms with Gasteiger partial charge in [-0.05, 0) is 160 Å². The lowest BCUT2D eigenvalue weighted by Gasteiger charge is -2.38. The van der Waals surface area contributed by atoms with Crippen LogP contribution in [0.25, 0.3) is 21.9 Å². The van der Waals surface area contributed by atoms with Crippen molar-refractivity contribution in [3.8, 4) is 11.1 Å². The fraction of sp³-hybridized carbons (Fsp3) is 0.310. The Morgan fingerprint density at radius 3 is 1.67 bits per heavy atom. The molecule has 0 bridgehead atoms. The lowest BCUT2D eigenvalue weighted by molar-refractivity contribution is 0.443. The molecule has 0 spiro atoms. The highest BCUT2D eigenvalue weighted by molar-refractivity contribution is 7.01. The van der Waals surface area contributed by atoms with Gasteiger partial charge in [0.1, 0.15) is 0 Å². The molecule has 61 heavy (non-hydrogen) atoms. The molecule has 7 aromatic rings. The Labute approximate surface area is 363 Å². The Morgan fingerprint density at radius 1 is 0.393 bits per heavy atom. The van der Waals surface area contributed by atoms with Crippen LogP contribution < -0.4 is 26.2 Å². The zero-order valence-electron chi connectivity index (χ0n) is 35.7. The summed E-state index contributed by atoms with van der Waals surface area (Å²) >= 11 is 0. The van der Waals surface area contributed by atoms with E-state index in [4.69, 9.17) is 0 Å². The zero-order chi connectivity index (χ0) is 40.3. The number of para-hydroxylation sites is 1.